The lowest BCUT2D eigenvalue weighted by atomic mass is 10.1. The summed E-state index contributed by atoms with van der Waals surface area (Å²) in [6.07, 6.45) is 0. The van der Waals surface area contributed by atoms with Crippen molar-refractivity contribution in [1.82, 2.24) is 0 Å². The molecule has 6 heteroatoms. The molecule has 2 aromatic carbocycles. The van der Waals surface area contributed by atoms with Gasteiger partial charge in [-0.2, -0.15) is 0 Å². The summed E-state index contributed by atoms with van der Waals surface area (Å²) >= 11 is 0. The number of aryl methyl sites for hydroxylation is 1. The van der Waals surface area contributed by atoms with Crippen LogP contribution >= 0.6 is 0 Å². The van der Waals surface area contributed by atoms with Gasteiger partial charge in [0.1, 0.15) is 5.82 Å². The first-order valence-corrected chi connectivity index (χ1v) is 5.70. The van der Waals surface area contributed by atoms with E-state index in [2.05, 4.69) is 5.32 Å². The molecule has 0 unspecified atom stereocenters. The van der Waals surface area contributed by atoms with Gasteiger partial charge in [0, 0.05) is 23.4 Å². The number of amides is 1. The zero-order valence-electron chi connectivity index (χ0n) is 10.5. The number of hydrogen-bond donors (Lipinski definition) is 2. The van der Waals surface area contributed by atoms with Crippen LogP contribution in [0, 0.1) is 24.4 Å². The van der Waals surface area contributed by atoms with Crippen LogP contribution in [0.2, 0.25) is 0 Å². The summed E-state index contributed by atoms with van der Waals surface area (Å²) < 4.78 is 39.2. The van der Waals surface area contributed by atoms with Crippen LogP contribution in [-0.2, 0) is 0 Å². The Kier molecular flexibility index (Phi) is 3.65. The molecular weight excluding hydrogens is 269 g/mol. The first-order chi connectivity index (χ1) is 9.38. The average molecular weight is 280 g/mol. The van der Waals surface area contributed by atoms with E-state index in [0.717, 1.165) is 0 Å². The molecule has 2 aromatic rings. The Morgan fingerprint density at radius 2 is 1.70 bits per heavy atom. The number of nitrogens with two attached hydrogens (primary N) is 1. The van der Waals surface area contributed by atoms with Crippen LogP contribution in [0.3, 0.4) is 0 Å². The second kappa shape index (κ2) is 5.24. The molecule has 0 saturated heterocycles. The highest BCUT2D eigenvalue weighted by molar-refractivity contribution is 6.04. The molecule has 20 heavy (non-hydrogen) atoms. The van der Waals surface area contributed by atoms with Crippen molar-refractivity contribution in [1.29, 1.82) is 0 Å². The maximum atomic E-state index is 13.4. The van der Waals surface area contributed by atoms with E-state index in [4.69, 9.17) is 5.73 Å². The lowest BCUT2D eigenvalue weighted by Crippen LogP contribution is -2.14. The minimum atomic E-state index is -1.32. The highest BCUT2D eigenvalue weighted by Gasteiger charge is 2.13. The molecule has 0 bridgehead atoms. The van der Waals surface area contributed by atoms with E-state index in [9.17, 15) is 18.0 Å². The van der Waals surface area contributed by atoms with Gasteiger partial charge in [-0.15, -0.1) is 0 Å². The summed E-state index contributed by atoms with van der Waals surface area (Å²) in [7, 11) is 0. The van der Waals surface area contributed by atoms with Crippen molar-refractivity contribution in [3.05, 3.63) is 58.9 Å². The third-order valence-corrected chi connectivity index (χ3v) is 2.79. The van der Waals surface area contributed by atoms with E-state index < -0.39 is 29.0 Å². The van der Waals surface area contributed by atoms with Gasteiger partial charge in [0.15, 0.2) is 11.6 Å². The zero-order valence-corrected chi connectivity index (χ0v) is 10.5. The molecule has 0 radical (unpaired) electrons. The minimum Gasteiger partial charge on any atom is -0.399 e. The van der Waals surface area contributed by atoms with Gasteiger partial charge in [-0.1, -0.05) is 0 Å². The summed E-state index contributed by atoms with van der Waals surface area (Å²) in [6.45, 7) is 1.71. The quantitative estimate of drug-likeness (QED) is 0.655. The normalized spacial score (nSPS) is 10.4. The summed E-state index contributed by atoms with van der Waals surface area (Å²) in [5, 5.41) is 2.18. The fraction of sp³-hybridized carbons (Fsp3) is 0.0714. The third kappa shape index (κ3) is 2.74. The molecule has 0 heterocycles. The van der Waals surface area contributed by atoms with Gasteiger partial charge in [0.25, 0.3) is 5.91 Å². The van der Waals surface area contributed by atoms with E-state index in [1.165, 1.54) is 18.2 Å². The van der Waals surface area contributed by atoms with Crippen molar-refractivity contribution in [2.45, 2.75) is 6.92 Å². The van der Waals surface area contributed by atoms with E-state index in [1.54, 1.807) is 6.92 Å². The molecule has 104 valence electrons. The summed E-state index contributed by atoms with van der Waals surface area (Å²) in [4.78, 5) is 11.9. The number of benzene rings is 2. The van der Waals surface area contributed by atoms with Crippen LogP contribution in [0.4, 0.5) is 24.5 Å². The monoisotopic (exact) mass is 280 g/mol. The molecule has 3 nitrogen and oxygen atoms in total. The number of anilines is 2. The van der Waals surface area contributed by atoms with Crippen molar-refractivity contribution in [3.8, 4) is 0 Å². The Bertz CT molecular complexity index is 686. The topological polar surface area (TPSA) is 55.1 Å². The van der Waals surface area contributed by atoms with Crippen LogP contribution in [0.1, 0.15) is 15.9 Å². The lowest BCUT2D eigenvalue weighted by Gasteiger charge is -2.08. The van der Waals surface area contributed by atoms with Crippen molar-refractivity contribution in [3.63, 3.8) is 0 Å². The Hall–Kier alpha value is -2.50. The molecule has 0 saturated carbocycles. The van der Waals surface area contributed by atoms with Gasteiger partial charge < -0.3 is 11.1 Å². The molecule has 2 rings (SSSR count). The predicted octanol–water partition coefficient (Wildman–Crippen LogP) is 3.25. The Morgan fingerprint density at radius 3 is 2.35 bits per heavy atom. The molecule has 0 fully saturated rings. The van der Waals surface area contributed by atoms with E-state index in [0.29, 0.717) is 23.4 Å². The smallest absolute Gasteiger partial charge is 0.255 e. The maximum absolute atomic E-state index is 13.4. The van der Waals surface area contributed by atoms with Gasteiger partial charge in [-0.25, -0.2) is 13.2 Å². The molecular formula is C14H11F3N2O. The standard InChI is InChI=1S/C14H11F3N2O/c1-7-4-8(2-3-12(7)18)14(20)19-13-6-10(16)9(15)5-11(13)17/h2-6H,18H2,1H3,(H,19,20). The molecule has 3 N–H and O–H groups in total. The number of carbonyl (C=O) groups excluding carboxylic acids is 1. The Labute approximate surface area is 113 Å². The van der Waals surface area contributed by atoms with Crippen molar-refractivity contribution >= 4 is 17.3 Å². The molecule has 0 aliphatic carbocycles. The fourth-order valence-corrected chi connectivity index (χ4v) is 1.63. The average Bonchev–Trinajstić information content (AvgIpc) is 2.39. The number of halogens is 3. The van der Waals surface area contributed by atoms with Crippen LogP contribution < -0.4 is 11.1 Å². The van der Waals surface area contributed by atoms with Crippen LogP contribution in [0.15, 0.2) is 30.3 Å². The SMILES string of the molecule is Cc1cc(C(=O)Nc2cc(F)c(F)cc2F)ccc1N. The molecule has 0 atom stereocenters. The number of nitrogens with one attached hydrogen (secondary N) is 1. The fourth-order valence-electron chi connectivity index (χ4n) is 1.63. The molecule has 1 amide bonds. The first kappa shape index (κ1) is 13.9. The number of rotatable bonds is 2. The second-order valence-electron chi connectivity index (χ2n) is 4.27. The van der Waals surface area contributed by atoms with E-state index in [1.807, 2.05) is 0 Å². The third-order valence-electron chi connectivity index (χ3n) is 2.79. The lowest BCUT2D eigenvalue weighted by molar-refractivity contribution is 0.102. The van der Waals surface area contributed by atoms with Crippen LogP contribution in [-0.4, -0.2) is 5.91 Å². The van der Waals surface area contributed by atoms with Crippen LogP contribution in [0.5, 0.6) is 0 Å². The maximum Gasteiger partial charge on any atom is 0.255 e. The second-order valence-corrected chi connectivity index (χ2v) is 4.27. The Morgan fingerprint density at radius 1 is 1.05 bits per heavy atom. The van der Waals surface area contributed by atoms with Gasteiger partial charge in [0.2, 0.25) is 0 Å². The summed E-state index contributed by atoms with van der Waals surface area (Å²) in [5.74, 6) is -4.25. The van der Waals surface area contributed by atoms with Crippen LogP contribution in [0.25, 0.3) is 0 Å². The van der Waals surface area contributed by atoms with Gasteiger partial charge in [-0.3, -0.25) is 4.79 Å². The van der Waals surface area contributed by atoms with Gasteiger partial charge in [-0.05, 0) is 30.7 Å². The highest BCUT2D eigenvalue weighted by atomic mass is 19.2. The van der Waals surface area contributed by atoms with Gasteiger partial charge in [0.05, 0.1) is 5.69 Å². The largest absolute Gasteiger partial charge is 0.399 e. The summed E-state index contributed by atoms with van der Waals surface area (Å²) in [6, 6.07) is 5.47. The minimum absolute atomic E-state index is 0.237. The number of nitrogen functional groups attached to an aromatic ring is 1. The number of hydrogen-bond acceptors (Lipinski definition) is 2. The molecule has 0 aliphatic rings. The molecule has 0 spiro atoms. The summed E-state index contributed by atoms with van der Waals surface area (Å²) in [5.41, 5.74) is 6.63. The molecule has 0 aliphatic heterocycles. The van der Waals surface area contributed by atoms with Crippen molar-refractivity contribution in [2.24, 2.45) is 0 Å². The zero-order chi connectivity index (χ0) is 14.9. The number of carbonyl (C=O) groups is 1. The Balaban J connectivity index is 2.27. The van der Waals surface area contributed by atoms with E-state index >= 15 is 0 Å². The molecule has 0 aromatic heterocycles. The van der Waals surface area contributed by atoms with E-state index in [-0.39, 0.29) is 5.56 Å². The first-order valence-electron chi connectivity index (χ1n) is 5.70. The van der Waals surface area contributed by atoms with Crippen molar-refractivity contribution in [2.75, 3.05) is 11.1 Å². The highest BCUT2D eigenvalue weighted by Crippen LogP contribution is 2.20. The predicted molar refractivity (Wildman–Crippen MR) is 69.9 cm³/mol. The van der Waals surface area contributed by atoms with Gasteiger partial charge >= 0.3 is 0 Å². The van der Waals surface area contributed by atoms with Crippen molar-refractivity contribution < 1.29 is 18.0 Å².